The van der Waals surface area contributed by atoms with Crippen LogP contribution in [0.2, 0.25) is 5.02 Å². The Bertz CT molecular complexity index is 1420. The number of H-pyrrole nitrogens is 2. The summed E-state index contributed by atoms with van der Waals surface area (Å²) < 4.78 is 1.55. The highest BCUT2D eigenvalue weighted by Gasteiger charge is 2.21. The monoisotopic (exact) mass is 424 g/mol. The van der Waals surface area contributed by atoms with Crippen LogP contribution in [0.15, 0.2) is 40.2 Å². The summed E-state index contributed by atoms with van der Waals surface area (Å²) in [5.74, 6) is 0.138. The third-order valence-electron chi connectivity index (χ3n) is 4.60. The zero-order chi connectivity index (χ0) is 20.7. The van der Waals surface area contributed by atoms with Gasteiger partial charge in [0.05, 0.1) is 12.2 Å². The lowest BCUT2D eigenvalue weighted by Crippen LogP contribution is -2.24. The molecule has 11 heteroatoms. The molecule has 10 nitrogen and oxygen atoms in total. The highest BCUT2D eigenvalue weighted by atomic mass is 35.5. The number of aromatic nitrogens is 6. The molecule has 3 heterocycles. The second-order valence-corrected chi connectivity index (χ2v) is 7.45. The first-order valence-corrected chi connectivity index (χ1v) is 9.74. The average molecular weight is 425 g/mol. The number of nitrogens with zero attached hydrogens (tertiary/aromatic N) is 5. The number of benzene rings is 1. The Morgan fingerprint density at radius 1 is 1.33 bits per heavy atom. The fourth-order valence-corrected chi connectivity index (χ4v) is 3.20. The Hall–Kier alpha value is -3.66. The van der Waals surface area contributed by atoms with E-state index in [0.29, 0.717) is 34.0 Å². The molecular formula is C19H17ClN8O2. The van der Waals surface area contributed by atoms with Gasteiger partial charge in [0.25, 0.3) is 5.62 Å². The summed E-state index contributed by atoms with van der Waals surface area (Å²) in [6.45, 7) is 0.485. The number of rotatable bonds is 5. The molecule has 1 aliphatic carbocycles. The highest BCUT2D eigenvalue weighted by Crippen LogP contribution is 2.22. The minimum Gasteiger partial charge on any atom is -0.493 e. The standard InChI is InChI=1S/C19H17ClN8O2/c20-12-3-1-2-10(6-12)8-21-17-25-15-11(7-14-16(29)26-19(30)24-14)9-22-28(15)18(27-17)23-13-4-5-13/h1-3,6-7,9,13,29H,4-5,8H2,(H,21,23,27)(H2,24,26,30)/b11-7-. The van der Waals surface area contributed by atoms with E-state index < -0.39 is 5.69 Å². The fourth-order valence-electron chi connectivity index (χ4n) is 2.99. The van der Waals surface area contributed by atoms with E-state index in [1.807, 2.05) is 24.3 Å². The second kappa shape index (κ2) is 7.30. The minimum atomic E-state index is -0.502. The van der Waals surface area contributed by atoms with E-state index in [1.165, 1.54) is 0 Å². The van der Waals surface area contributed by atoms with Crippen molar-refractivity contribution < 1.29 is 5.11 Å². The van der Waals surface area contributed by atoms with E-state index in [-0.39, 0.29) is 17.6 Å². The lowest BCUT2D eigenvalue weighted by atomic mass is 10.2. The summed E-state index contributed by atoms with van der Waals surface area (Å²) in [6.07, 6.45) is 5.22. The molecule has 1 aromatic carbocycles. The average Bonchev–Trinajstić information content (AvgIpc) is 3.35. The Balaban J connectivity index is 1.59. The smallest absolute Gasteiger partial charge is 0.326 e. The summed E-state index contributed by atoms with van der Waals surface area (Å²) in [5.41, 5.74) is 1.67. The van der Waals surface area contributed by atoms with Gasteiger partial charge in [-0.15, -0.1) is 0 Å². The van der Waals surface area contributed by atoms with Crippen LogP contribution in [-0.4, -0.2) is 40.7 Å². The first-order chi connectivity index (χ1) is 14.5. The van der Waals surface area contributed by atoms with E-state index >= 15 is 0 Å². The van der Waals surface area contributed by atoms with Gasteiger partial charge in [-0.3, -0.25) is 4.98 Å². The molecule has 1 fully saturated rings. The van der Waals surface area contributed by atoms with Crippen molar-refractivity contribution in [2.75, 3.05) is 5.32 Å². The third kappa shape index (κ3) is 3.77. The van der Waals surface area contributed by atoms with Gasteiger partial charge in [-0.1, -0.05) is 23.7 Å². The van der Waals surface area contributed by atoms with Gasteiger partial charge in [-0.25, -0.2) is 9.79 Å². The normalized spacial score (nSPS) is 15.2. The van der Waals surface area contributed by atoms with Gasteiger partial charge >= 0.3 is 5.69 Å². The van der Waals surface area contributed by atoms with Crippen LogP contribution >= 0.6 is 11.6 Å². The second-order valence-electron chi connectivity index (χ2n) is 7.01. The molecule has 0 saturated heterocycles. The van der Waals surface area contributed by atoms with Crippen LogP contribution in [-0.2, 0) is 6.54 Å². The van der Waals surface area contributed by atoms with E-state index in [2.05, 4.69) is 35.3 Å². The predicted octanol–water partition coefficient (Wildman–Crippen LogP) is 0.723. The van der Waals surface area contributed by atoms with Crippen LogP contribution in [0.3, 0.4) is 0 Å². The van der Waals surface area contributed by atoms with Crippen molar-refractivity contribution in [3.63, 3.8) is 0 Å². The number of fused-ring (bicyclic) bond motifs is 1. The SMILES string of the molecule is O=c1[nH]c(O)c(/C=c2/cnn3c(=NC4CC4)nc(NCc4cccc(Cl)c4)nc23)[nH]1. The fraction of sp³-hybridized carbons (Fsp3) is 0.211. The first kappa shape index (κ1) is 18.4. The zero-order valence-corrected chi connectivity index (χ0v) is 16.4. The first-order valence-electron chi connectivity index (χ1n) is 9.36. The van der Waals surface area contributed by atoms with Gasteiger partial charge in [0.1, 0.15) is 5.69 Å². The number of hydrogen-bond acceptors (Lipinski definition) is 7. The van der Waals surface area contributed by atoms with Crippen molar-refractivity contribution >= 4 is 29.3 Å². The molecule has 152 valence electrons. The topological polar surface area (TPSA) is 136 Å². The Morgan fingerprint density at radius 3 is 2.93 bits per heavy atom. The molecule has 5 rings (SSSR count). The lowest BCUT2D eigenvalue weighted by molar-refractivity contribution is 0.454. The van der Waals surface area contributed by atoms with E-state index in [0.717, 1.165) is 18.4 Å². The molecule has 1 aliphatic rings. The molecule has 0 atom stereocenters. The molecule has 4 aromatic rings. The van der Waals surface area contributed by atoms with E-state index in [9.17, 15) is 9.90 Å². The molecule has 0 unspecified atom stereocenters. The summed E-state index contributed by atoms with van der Waals surface area (Å²) in [7, 11) is 0. The minimum absolute atomic E-state index is 0.239. The summed E-state index contributed by atoms with van der Waals surface area (Å²) >= 11 is 6.05. The lowest BCUT2D eigenvalue weighted by Gasteiger charge is -2.06. The maximum absolute atomic E-state index is 11.4. The van der Waals surface area contributed by atoms with Crippen molar-refractivity contribution in [1.82, 2.24) is 29.5 Å². The van der Waals surface area contributed by atoms with Crippen molar-refractivity contribution in [1.29, 1.82) is 0 Å². The highest BCUT2D eigenvalue weighted by molar-refractivity contribution is 6.30. The van der Waals surface area contributed by atoms with E-state index in [4.69, 9.17) is 11.6 Å². The van der Waals surface area contributed by atoms with Gasteiger partial charge in [0, 0.05) is 16.8 Å². The molecule has 0 spiro atoms. The molecule has 4 N–H and O–H groups in total. The van der Waals surface area contributed by atoms with Crippen LogP contribution in [0.5, 0.6) is 5.88 Å². The molecule has 0 amide bonds. The van der Waals surface area contributed by atoms with Crippen molar-refractivity contribution in [3.05, 3.63) is 68.1 Å². The Labute approximate surface area is 174 Å². The Morgan fingerprint density at radius 2 is 2.20 bits per heavy atom. The third-order valence-corrected chi connectivity index (χ3v) is 4.83. The number of nitrogens with one attached hydrogen (secondary N) is 3. The molecule has 3 aromatic heterocycles. The number of imidazole rings is 1. The van der Waals surface area contributed by atoms with Crippen LogP contribution in [0.1, 0.15) is 24.1 Å². The molecule has 1 saturated carbocycles. The number of halogens is 1. The zero-order valence-electron chi connectivity index (χ0n) is 15.6. The van der Waals surface area contributed by atoms with Gasteiger partial charge in [-0.05, 0) is 36.6 Å². The van der Waals surface area contributed by atoms with Crippen LogP contribution in [0, 0.1) is 0 Å². The van der Waals surface area contributed by atoms with Crippen molar-refractivity contribution in [2.24, 2.45) is 4.99 Å². The molecule has 30 heavy (non-hydrogen) atoms. The maximum atomic E-state index is 11.4. The number of aromatic amines is 2. The predicted molar refractivity (Wildman–Crippen MR) is 110 cm³/mol. The van der Waals surface area contributed by atoms with Crippen LogP contribution in [0.25, 0.3) is 11.7 Å². The van der Waals surface area contributed by atoms with E-state index in [1.54, 1.807) is 16.8 Å². The Kier molecular flexibility index (Phi) is 4.47. The van der Waals surface area contributed by atoms with Gasteiger partial charge < -0.3 is 15.4 Å². The van der Waals surface area contributed by atoms with Crippen molar-refractivity contribution in [3.8, 4) is 5.88 Å². The van der Waals surface area contributed by atoms with Crippen LogP contribution < -0.4 is 21.8 Å². The number of hydrogen-bond donors (Lipinski definition) is 4. The molecular weight excluding hydrogens is 408 g/mol. The number of anilines is 1. The summed E-state index contributed by atoms with van der Waals surface area (Å²) in [6, 6.07) is 7.76. The van der Waals surface area contributed by atoms with Gasteiger partial charge in [-0.2, -0.15) is 19.6 Å². The largest absolute Gasteiger partial charge is 0.493 e. The molecule has 0 aliphatic heterocycles. The summed E-state index contributed by atoms with van der Waals surface area (Å²) in [5, 5.41) is 18.6. The molecule has 0 bridgehead atoms. The quantitative estimate of drug-likeness (QED) is 0.372. The maximum Gasteiger partial charge on any atom is 0.326 e. The summed E-state index contributed by atoms with van der Waals surface area (Å²) in [4.78, 5) is 29.9. The van der Waals surface area contributed by atoms with Gasteiger partial charge in [0.15, 0.2) is 5.65 Å². The van der Waals surface area contributed by atoms with Crippen LogP contribution in [0.4, 0.5) is 5.95 Å². The van der Waals surface area contributed by atoms with Crippen molar-refractivity contribution in [2.45, 2.75) is 25.4 Å². The molecule has 0 radical (unpaired) electrons. The number of aromatic hydroxyl groups is 1. The van der Waals surface area contributed by atoms with Gasteiger partial charge in [0.2, 0.25) is 11.8 Å².